The van der Waals surface area contributed by atoms with E-state index in [2.05, 4.69) is 0 Å². The summed E-state index contributed by atoms with van der Waals surface area (Å²) in [5.41, 5.74) is 0. The molecule has 2 rings (SSSR count). The van der Waals surface area contributed by atoms with Gasteiger partial charge in [-0.05, 0) is 16.8 Å². The van der Waals surface area contributed by atoms with E-state index in [0.29, 0.717) is 5.39 Å². The van der Waals surface area contributed by atoms with E-state index in [1.54, 1.807) is 18.2 Å². The Morgan fingerprint density at radius 2 is 1.74 bits per heavy atom. The van der Waals surface area contributed by atoms with Crippen LogP contribution in [0.4, 0.5) is 0 Å². The van der Waals surface area contributed by atoms with Crippen LogP contribution in [0.15, 0.2) is 47.4 Å². The lowest BCUT2D eigenvalue weighted by molar-refractivity contribution is -0.0193. The maximum Gasteiger partial charge on any atom is 0.618 e. The number of benzene rings is 2. The topological polar surface area (TPSA) is 66.8 Å². The van der Waals surface area contributed by atoms with E-state index >= 15 is 0 Å². The van der Waals surface area contributed by atoms with Crippen LogP contribution >= 0.6 is 0 Å². The quantitative estimate of drug-likeness (QED) is 0.670. The molecule has 0 saturated carbocycles. The third kappa shape index (κ3) is 2.79. The zero-order chi connectivity index (χ0) is 14.0. The molecule has 0 aromatic heterocycles. The standard InChI is InChI=1S/C12H14BNO4S/c1-14(2)18-13(15)19(16,17)12-9-5-7-10-6-3-4-8-11(10)12/h3-9,15H,1-2H3. The summed E-state index contributed by atoms with van der Waals surface area (Å²) in [6.45, 7) is 0. The molecule has 0 fully saturated rings. The first-order valence-corrected chi connectivity index (χ1v) is 7.21. The second kappa shape index (κ2) is 5.30. The lowest BCUT2D eigenvalue weighted by atomic mass is 10.1. The van der Waals surface area contributed by atoms with Crippen LogP contribution in [-0.2, 0) is 14.4 Å². The number of nitrogens with zero attached hydrogens (tertiary/aromatic N) is 1. The Morgan fingerprint density at radius 3 is 2.42 bits per heavy atom. The van der Waals surface area contributed by atoms with Gasteiger partial charge in [-0.3, -0.25) is 0 Å². The Hall–Kier alpha value is -1.41. The first-order chi connectivity index (χ1) is 8.93. The van der Waals surface area contributed by atoms with E-state index in [9.17, 15) is 13.4 Å². The van der Waals surface area contributed by atoms with Crippen molar-refractivity contribution in [3.05, 3.63) is 42.5 Å². The molecule has 7 heteroatoms. The Bertz CT molecular complexity index is 682. The molecule has 0 aliphatic rings. The van der Waals surface area contributed by atoms with Crippen molar-refractivity contribution in [2.75, 3.05) is 14.1 Å². The molecule has 0 heterocycles. The number of fused-ring (bicyclic) bond motifs is 1. The highest BCUT2D eigenvalue weighted by Gasteiger charge is 2.36. The third-order valence-corrected chi connectivity index (χ3v) is 4.21. The molecule has 0 unspecified atom stereocenters. The van der Waals surface area contributed by atoms with Crippen LogP contribution in [0.25, 0.3) is 10.8 Å². The van der Waals surface area contributed by atoms with Crippen molar-refractivity contribution >= 4 is 26.9 Å². The van der Waals surface area contributed by atoms with Crippen molar-refractivity contribution < 1.29 is 18.2 Å². The van der Waals surface area contributed by atoms with Crippen molar-refractivity contribution in [1.82, 2.24) is 5.06 Å². The first kappa shape index (κ1) is 14.0. The second-order valence-corrected chi connectivity index (χ2v) is 6.18. The zero-order valence-electron chi connectivity index (χ0n) is 10.6. The summed E-state index contributed by atoms with van der Waals surface area (Å²) in [7, 11) is -0.965. The molecule has 0 bridgehead atoms. The van der Waals surface area contributed by atoms with E-state index in [0.717, 1.165) is 10.4 Å². The van der Waals surface area contributed by atoms with Gasteiger partial charge < -0.3 is 9.78 Å². The first-order valence-electron chi connectivity index (χ1n) is 5.67. The van der Waals surface area contributed by atoms with Crippen molar-refractivity contribution in [1.29, 1.82) is 0 Å². The summed E-state index contributed by atoms with van der Waals surface area (Å²) >= 11 is 0. The summed E-state index contributed by atoms with van der Waals surface area (Å²) in [4.78, 5) is 0.0555. The van der Waals surface area contributed by atoms with Crippen LogP contribution in [-0.4, -0.2) is 39.0 Å². The van der Waals surface area contributed by atoms with Gasteiger partial charge in [-0.2, -0.15) is 0 Å². The fourth-order valence-electron chi connectivity index (χ4n) is 1.79. The van der Waals surface area contributed by atoms with E-state index in [1.165, 1.54) is 20.2 Å². The van der Waals surface area contributed by atoms with Crippen LogP contribution < -0.4 is 0 Å². The van der Waals surface area contributed by atoms with Crippen LogP contribution in [0, 0.1) is 0 Å². The Morgan fingerprint density at radius 1 is 1.11 bits per heavy atom. The Labute approximate surface area is 112 Å². The Kier molecular flexibility index (Phi) is 3.91. The molecule has 2 aromatic carbocycles. The molecule has 0 aliphatic carbocycles. The molecule has 1 N–H and O–H groups in total. The maximum absolute atomic E-state index is 12.3. The number of hydrogen-bond acceptors (Lipinski definition) is 5. The molecule has 0 saturated heterocycles. The highest BCUT2D eigenvalue weighted by Crippen LogP contribution is 2.24. The predicted octanol–water partition coefficient (Wildman–Crippen LogP) is 1.08. The summed E-state index contributed by atoms with van der Waals surface area (Å²) in [5.74, 6) is 0. The van der Waals surface area contributed by atoms with Gasteiger partial charge in [-0.15, -0.1) is 0 Å². The molecule has 19 heavy (non-hydrogen) atoms. The molecule has 0 radical (unpaired) electrons. The molecule has 100 valence electrons. The van der Waals surface area contributed by atoms with Gasteiger partial charge in [0.1, 0.15) is 0 Å². The minimum Gasteiger partial charge on any atom is -0.413 e. The van der Waals surface area contributed by atoms with Crippen molar-refractivity contribution in [2.24, 2.45) is 0 Å². The average molecular weight is 279 g/mol. The van der Waals surface area contributed by atoms with Gasteiger partial charge in [-0.1, -0.05) is 36.4 Å². The summed E-state index contributed by atoms with van der Waals surface area (Å²) in [5, 5.41) is 12.2. The Balaban J connectivity index is 2.55. The zero-order valence-corrected chi connectivity index (χ0v) is 11.5. The molecule has 2 aromatic rings. The van der Waals surface area contributed by atoms with Crippen LogP contribution in [0.2, 0.25) is 0 Å². The van der Waals surface area contributed by atoms with Crippen LogP contribution in [0.5, 0.6) is 0 Å². The van der Waals surface area contributed by atoms with E-state index in [4.69, 9.17) is 4.76 Å². The van der Waals surface area contributed by atoms with Gasteiger partial charge in [0.25, 0.3) is 0 Å². The van der Waals surface area contributed by atoms with Crippen LogP contribution in [0.1, 0.15) is 0 Å². The molecule has 5 nitrogen and oxygen atoms in total. The van der Waals surface area contributed by atoms with Gasteiger partial charge in [0.2, 0.25) is 9.69 Å². The molecular formula is C12H14BNO4S. The number of hydrogen-bond donors (Lipinski definition) is 1. The number of hydroxylamine groups is 2. The van der Waals surface area contributed by atoms with E-state index in [-0.39, 0.29) is 4.90 Å². The minimum atomic E-state index is -3.97. The monoisotopic (exact) mass is 279 g/mol. The van der Waals surface area contributed by atoms with E-state index in [1.807, 2.05) is 18.2 Å². The molecule has 0 atom stereocenters. The summed E-state index contributed by atoms with van der Waals surface area (Å²) < 4.78 is 29.4. The highest BCUT2D eigenvalue weighted by molar-refractivity contribution is 8.17. The fraction of sp³-hybridized carbons (Fsp3) is 0.167. The average Bonchev–Trinajstić information content (AvgIpc) is 2.37. The van der Waals surface area contributed by atoms with Gasteiger partial charge in [0, 0.05) is 14.1 Å². The SMILES string of the molecule is CN(C)OB(O)S(=O)(=O)c1cccc2ccccc12. The fourth-order valence-corrected chi connectivity index (χ4v) is 3.05. The van der Waals surface area contributed by atoms with Crippen molar-refractivity contribution in [3.63, 3.8) is 0 Å². The van der Waals surface area contributed by atoms with Crippen molar-refractivity contribution in [2.45, 2.75) is 4.90 Å². The van der Waals surface area contributed by atoms with Gasteiger partial charge in [0.05, 0.1) is 4.90 Å². The minimum absolute atomic E-state index is 0.0555. The van der Waals surface area contributed by atoms with E-state index < -0.39 is 16.1 Å². The molecule has 0 amide bonds. The third-order valence-electron chi connectivity index (χ3n) is 2.62. The molecule has 0 aliphatic heterocycles. The largest absolute Gasteiger partial charge is 0.618 e. The van der Waals surface area contributed by atoms with Gasteiger partial charge in [0.15, 0.2) is 0 Å². The second-order valence-electron chi connectivity index (χ2n) is 4.25. The smallest absolute Gasteiger partial charge is 0.413 e. The number of rotatable bonds is 4. The van der Waals surface area contributed by atoms with Crippen LogP contribution in [0.3, 0.4) is 0 Å². The predicted molar refractivity (Wildman–Crippen MR) is 73.9 cm³/mol. The lowest BCUT2D eigenvalue weighted by Gasteiger charge is -2.14. The highest BCUT2D eigenvalue weighted by atomic mass is 32.2. The molecular weight excluding hydrogens is 265 g/mol. The maximum atomic E-state index is 12.3. The summed E-state index contributed by atoms with van der Waals surface area (Å²) in [6, 6.07) is 12.0. The lowest BCUT2D eigenvalue weighted by Crippen LogP contribution is -2.35. The van der Waals surface area contributed by atoms with Gasteiger partial charge in [-0.25, -0.2) is 13.5 Å². The normalized spacial score (nSPS) is 12.0. The molecule has 0 spiro atoms. The van der Waals surface area contributed by atoms with Crippen molar-refractivity contribution in [3.8, 4) is 0 Å². The summed E-state index contributed by atoms with van der Waals surface area (Å²) in [6.07, 6.45) is -1.92. The van der Waals surface area contributed by atoms with Gasteiger partial charge >= 0.3 is 6.40 Å².